The van der Waals surface area contributed by atoms with Crippen LogP contribution in [-0.2, 0) is 9.47 Å². The summed E-state index contributed by atoms with van der Waals surface area (Å²) >= 11 is 1.75. The summed E-state index contributed by atoms with van der Waals surface area (Å²) in [6.07, 6.45) is 7.77. The molecule has 0 aliphatic carbocycles. The number of alkyl carbamates (subject to hydrolysis) is 1. The number of carbonyl (C=O) groups excluding carboxylic acids is 1. The maximum atomic E-state index is 12.1. The molecule has 4 nitrogen and oxygen atoms in total. The van der Waals surface area contributed by atoms with E-state index in [1.54, 1.807) is 11.8 Å². The molecule has 0 unspecified atom stereocenters. The molecule has 0 radical (unpaired) electrons. The van der Waals surface area contributed by atoms with Gasteiger partial charge in [-0.1, -0.05) is 37.3 Å². The van der Waals surface area contributed by atoms with E-state index in [1.807, 2.05) is 39.0 Å². The first-order valence-electron chi connectivity index (χ1n) is 9.81. The molecule has 1 atom stereocenters. The molecular weight excluding hydrogens is 358 g/mol. The van der Waals surface area contributed by atoms with Gasteiger partial charge >= 0.3 is 6.09 Å². The highest BCUT2D eigenvalue weighted by molar-refractivity contribution is 7.99. The van der Waals surface area contributed by atoms with Gasteiger partial charge in [0.2, 0.25) is 0 Å². The monoisotopic (exact) mass is 393 g/mol. The number of hydrogen-bond donors (Lipinski definition) is 1. The van der Waals surface area contributed by atoms with Crippen molar-refractivity contribution in [2.75, 3.05) is 19.0 Å². The summed E-state index contributed by atoms with van der Waals surface area (Å²) in [5.74, 6) is 0.816. The highest BCUT2D eigenvalue weighted by Crippen LogP contribution is 2.20. The molecule has 0 aliphatic rings. The summed E-state index contributed by atoms with van der Waals surface area (Å²) in [6.45, 7) is 9.35. The van der Waals surface area contributed by atoms with Crippen LogP contribution in [0.5, 0.6) is 0 Å². The van der Waals surface area contributed by atoms with Gasteiger partial charge < -0.3 is 14.8 Å². The Kier molecular flexibility index (Phi) is 11.9. The number of benzene rings is 1. The Labute approximate surface area is 169 Å². The molecular formula is C22H35NO3S. The Hall–Kier alpha value is -1.46. The molecule has 1 aromatic carbocycles. The van der Waals surface area contributed by atoms with Crippen LogP contribution in [0.15, 0.2) is 47.4 Å². The first-order chi connectivity index (χ1) is 12.9. The van der Waals surface area contributed by atoms with Crippen molar-refractivity contribution < 1.29 is 14.3 Å². The predicted molar refractivity (Wildman–Crippen MR) is 114 cm³/mol. The molecule has 1 N–H and O–H groups in total. The molecule has 152 valence electrons. The van der Waals surface area contributed by atoms with Crippen molar-refractivity contribution in [2.45, 2.75) is 69.9 Å². The number of thioether (sulfide) groups is 1. The molecule has 0 saturated carbocycles. The van der Waals surface area contributed by atoms with Crippen LogP contribution in [0, 0.1) is 0 Å². The average molecular weight is 394 g/mol. The Morgan fingerprint density at radius 2 is 1.85 bits per heavy atom. The topological polar surface area (TPSA) is 47.6 Å². The van der Waals surface area contributed by atoms with Crippen LogP contribution < -0.4 is 5.32 Å². The maximum Gasteiger partial charge on any atom is 0.407 e. The van der Waals surface area contributed by atoms with Crippen LogP contribution in [0.25, 0.3) is 0 Å². The number of ether oxygens (including phenoxy) is 2. The average Bonchev–Trinajstić information content (AvgIpc) is 2.61. The van der Waals surface area contributed by atoms with Gasteiger partial charge in [-0.15, -0.1) is 11.8 Å². The zero-order valence-electron chi connectivity index (χ0n) is 17.2. The van der Waals surface area contributed by atoms with E-state index in [0.29, 0.717) is 0 Å². The van der Waals surface area contributed by atoms with Crippen molar-refractivity contribution in [3.05, 3.63) is 42.5 Å². The highest BCUT2D eigenvalue weighted by Gasteiger charge is 2.19. The molecule has 27 heavy (non-hydrogen) atoms. The summed E-state index contributed by atoms with van der Waals surface area (Å²) in [7, 11) is 0. The molecule has 0 aromatic heterocycles. The summed E-state index contributed by atoms with van der Waals surface area (Å²) in [5, 5.41) is 3.02. The van der Waals surface area contributed by atoms with Crippen LogP contribution in [0.2, 0.25) is 0 Å². The van der Waals surface area contributed by atoms with Crippen molar-refractivity contribution in [2.24, 2.45) is 0 Å². The van der Waals surface area contributed by atoms with Gasteiger partial charge in [0, 0.05) is 23.3 Å². The maximum absolute atomic E-state index is 12.1. The lowest BCUT2D eigenvalue weighted by Crippen LogP contribution is -2.40. The molecule has 0 fully saturated rings. The second-order valence-electron chi connectivity index (χ2n) is 7.42. The minimum Gasteiger partial charge on any atom is -0.444 e. The minimum atomic E-state index is -0.487. The van der Waals surface area contributed by atoms with Crippen LogP contribution in [0.1, 0.15) is 53.4 Å². The van der Waals surface area contributed by atoms with Crippen molar-refractivity contribution in [3.8, 4) is 0 Å². The van der Waals surface area contributed by atoms with E-state index >= 15 is 0 Å². The lowest BCUT2D eigenvalue weighted by Gasteiger charge is -2.23. The fourth-order valence-corrected chi connectivity index (χ4v) is 3.31. The molecule has 0 spiro atoms. The number of amides is 1. The molecule has 1 aromatic rings. The minimum absolute atomic E-state index is 0.0612. The number of carbonyl (C=O) groups is 1. The predicted octanol–water partition coefficient (Wildman–Crippen LogP) is 5.83. The van der Waals surface area contributed by atoms with Gasteiger partial charge in [-0.2, -0.15) is 0 Å². The van der Waals surface area contributed by atoms with E-state index in [-0.39, 0.29) is 12.1 Å². The molecule has 0 saturated heterocycles. The zero-order chi connectivity index (χ0) is 20.0. The van der Waals surface area contributed by atoms with Crippen molar-refractivity contribution in [1.82, 2.24) is 5.32 Å². The quantitative estimate of drug-likeness (QED) is 0.276. The Balaban J connectivity index is 2.44. The molecule has 0 aliphatic heterocycles. The second kappa shape index (κ2) is 13.7. The Bertz CT molecular complexity index is 540. The standard InChI is InChI=1S/C22H35NO3S/c1-5-16-25-17-12-7-6-9-13-19(23-21(24)26-22(2,3)4)18-27-20-14-10-8-11-15-20/h6-8,10-11,14-15,19H,5,9,12-13,16-18H2,1-4H3,(H,23,24)/b7-6-/t19-/m1/s1. The summed E-state index contributed by atoms with van der Waals surface area (Å²) in [5.41, 5.74) is -0.487. The van der Waals surface area contributed by atoms with Gasteiger partial charge in [0.05, 0.1) is 6.61 Å². The lowest BCUT2D eigenvalue weighted by molar-refractivity contribution is 0.0507. The zero-order valence-corrected chi connectivity index (χ0v) is 18.0. The summed E-state index contributed by atoms with van der Waals surface area (Å²) in [4.78, 5) is 13.3. The Morgan fingerprint density at radius 3 is 2.52 bits per heavy atom. The van der Waals surface area contributed by atoms with Crippen LogP contribution in [0.4, 0.5) is 4.79 Å². The Morgan fingerprint density at radius 1 is 1.15 bits per heavy atom. The second-order valence-corrected chi connectivity index (χ2v) is 8.51. The third kappa shape index (κ3) is 13.4. The molecule has 0 bridgehead atoms. The first kappa shape index (κ1) is 23.6. The highest BCUT2D eigenvalue weighted by atomic mass is 32.2. The molecule has 1 rings (SSSR count). The normalized spacial score (nSPS) is 12.9. The van der Waals surface area contributed by atoms with Crippen LogP contribution >= 0.6 is 11.8 Å². The molecule has 0 heterocycles. The van der Waals surface area contributed by atoms with Gasteiger partial charge in [-0.25, -0.2) is 4.79 Å². The molecule has 5 heteroatoms. The van der Waals surface area contributed by atoms with Crippen LogP contribution in [-0.4, -0.2) is 36.7 Å². The van der Waals surface area contributed by atoms with E-state index in [4.69, 9.17) is 9.47 Å². The van der Waals surface area contributed by atoms with E-state index in [9.17, 15) is 4.79 Å². The van der Waals surface area contributed by atoms with E-state index in [2.05, 4.69) is 36.5 Å². The van der Waals surface area contributed by atoms with E-state index < -0.39 is 5.60 Å². The van der Waals surface area contributed by atoms with Gasteiger partial charge in [0.15, 0.2) is 0 Å². The lowest BCUT2D eigenvalue weighted by atomic mass is 10.1. The SMILES string of the molecule is CCCOCC/C=C\CC[C@H](CSc1ccccc1)NC(=O)OC(C)(C)C. The molecule has 1 amide bonds. The fourth-order valence-electron chi connectivity index (χ4n) is 2.32. The summed E-state index contributed by atoms with van der Waals surface area (Å²) in [6, 6.07) is 10.3. The van der Waals surface area contributed by atoms with E-state index in [0.717, 1.165) is 44.6 Å². The third-order valence-electron chi connectivity index (χ3n) is 3.54. The van der Waals surface area contributed by atoms with Gasteiger partial charge in [-0.05, 0) is 58.6 Å². The van der Waals surface area contributed by atoms with Crippen LogP contribution in [0.3, 0.4) is 0 Å². The third-order valence-corrected chi connectivity index (χ3v) is 4.72. The fraction of sp³-hybridized carbons (Fsp3) is 0.591. The van der Waals surface area contributed by atoms with E-state index in [1.165, 1.54) is 4.90 Å². The van der Waals surface area contributed by atoms with Gasteiger partial charge in [0.25, 0.3) is 0 Å². The summed E-state index contributed by atoms with van der Waals surface area (Å²) < 4.78 is 10.9. The number of allylic oxidation sites excluding steroid dienone is 1. The first-order valence-corrected chi connectivity index (χ1v) is 10.8. The number of rotatable bonds is 12. The number of hydrogen-bond acceptors (Lipinski definition) is 4. The van der Waals surface area contributed by atoms with Crippen molar-refractivity contribution in [3.63, 3.8) is 0 Å². The number of nitrogens with one attached hydrogen (secondary N) is 1. The smallest absolute Gasteiger partial charge is 0.407 e. The van der Waals surface area contributed by atoms with Crippen molar-refractivity contribution >= 4 is 17.9 Å². The van der Waals surface area contributed by atoms with Crippen molar-refractivity contribution in [1.29, 1.82) is 0 Å². The van der Waals surface area contributed by atoms with Gasteiger partial charge in [0.1, 0.15) is 5.60 Å². The van der Waals surface area contributed by atoms with Gasteiger partial charge in [-0.3, -0.25) is 0 Å². The largest absolute Gasteiger partial charge is 0.444 e.